The third-order valence-corrected chi connectivity index (χ3v) is 4.00. The summed E-state index contributed by atoms with van der Waals surface area (Å²) in [5.41, 5.74) is 2.53. The molecule has 4 heteroatoms. The maximum absolute atomic E-state index is 5.41. The van der Waals surface area contributed by atoms with Crippen LogP contribution in [0.15, 0.2) is 28.8 Å². The van der Waals surface area contributed by atoms with E-state index in [2.05, 4.69) is 41.4 Å². The number of hydrogen-bond donors (Lipinski definition) is 1. The number of aryl methyl sites for hydroxylation is 1. The predicted octanol–water partition coefficient (Wildman–Crippen LogP) is 2.29. The van der Waals surface area contributed by atoms with Crippen LogP contribution in [-0.4, -0.2) is 23.2 Å². The number of nitrogens with zero attached hydrogens (tertiary/aromatic N) is 2. The minimum absolute atomic E-state index is 0.347. The monoisotopic (exact) mass is 257 g/mol. The molecule has 0 aliphatic carbocycles. The topological polar surface area (TPSA) is 51.0 Å². The molecule has 0 bridgehead atoms. The van der Waals surface area contributed by atoms with Crippen LogP contribution in [0.5, 0.6) is 0 Å². The van der Waals surface area contributed by atoms with Gasteiger partial charge in [0.05, 0.1) is 0 Å². The largest absolute Gasteiger partial charge is 0.339 e. The second-order valence-electron chi connectivity index (χ2n) is 5.36. The molecule has 100 valence electrons. The second kappa shape index (κ2) is 5.13. The highest BCUT2D eigenvalue weighted by Crippen LogP contribution is 2.25. The average molecular weight is 257 g/mol. The molecule has 2 aromatic rings. The smallest absolute Gasteiger partial charge is 0.229 e. The van der Waals surface area contributed by atoms with Crippen molar-refractivity contribution in [3.05, 3.63) is 47.1 Å². The minimum atomic E-state index is 0.347. The van der Waals surface area contributed by atoms with Crippen molar-refractivity contribution in [1.82, 2.24) is 15.5 Å². The molecule has 0 amide bonds. The van der Waals surface area contributed by atoms with E-state index in [4.69, 9.17) is 4.52 Å². The molecule has 1 unspecified atom stereocenters. The highest BCUT2D eigenvalue weighted by atomic mass is 16.5. The van der Waals surface area contributed by atoms with Gasteiger partial charge in [0, 0.05) is 12.3 Å². The summed E-state index contributed by atoms with van der Waals surface area (Å²) in [5, 5.41) is 7.38. The normalized spacial score (nSPS) is 17.2. The van der Waals surface area contributed by atoms with E-state index in [1.165, 1.54) is 11.1 Å². The van der Waals surface area contributed by atoms with E-state index in [0.717, 1.165) is 31.2 Å². The standard InChI is InChI=1S/C15H19N3O/c1-10-5-3-4-6-12(10)7-14-17-15(19-18-14)11(2)13-8-16-9-13/h3-6,11,13,16H,7-9H2,1-2H3. The lowest BCUT2D eigenvalue weighted by Crippen LogP contribution is -2.44. The zero-order chi connectivity index (χ0) is 13.2. The number of benzene rings is 1. The maximum Gasteiger partial charge on any atom is 0.229 e. The van der Waals surface area contributed by atoms with Gasteiger partial charge in [0.2, 0.25) is 5.89 Å². The lowest BCUT2D eigenvalue weighted by atomic mass is 9.89. The fraction of sp³-hybridized carbons (Fsp3) is 0.467. The zero-order valence-corrected chi connectivity index (χ0v) is 11.4. The summed E-state index contributed by atoms with van der Waals surface area (Å²) in [6.45, 7) is 6.38. The van der Waals surface area contributed by atoms with E-state index in [-0.39, 0.29) is 0 Å². The molecule has 0 saturated carbocycles. The van der Waals surface area contributed by atoms with Crippen molar-refractivity contribution in [2.24, 2.45) is 5.92 Å². The quantitative estimate of drug-likeness (QED) is 0.913. The molecule has 0 spiro atoms. The Balaban J connectivity index is 1.72. The van der Waals surface area contributed by atoms with Crippen LogP contribution in [0.3, 0.4) is 0 Å². The molecule has 3 rings (SSSR count). The highest BCUT2D eigenvalue weighted by Gasteiger charge is 2.28. The summed E-state index contributed by atoms with van der Waals surface area (Å²) >= 11 is 0. The fourth-order valence-corrected chi connectivity index (χ4v) is 2.37. The Labute approximate surface area is 113 Å². The van der Waals surface area contributed by atoms with Gasteiger partial charge < -0.3 is 9.84 Å². The summed E-state index contributed by atoms with van der Waals surface area (Å²) in [6.07, 6.45) is 0.742. The second-order valence-corrected chi connectivity index (χ2v) is 5.36. The Hall–Kier alpha value is -1.68. The average Bonchev–Trinajstić information content (AvgIpc) is 2.78. The van der Waals surface area contributed by atoms with Gasteiger partial charge in [-0.3, -0.25) is 0 Å². The lowest BCUT2D eigenvalue weighted by Gasteiger charge is -2.30. The van der Waals surface area contributed by atoms with Gasteiger partial charge in [0.25, 0.3) is 0 Å². The van der Waals surface area contributed by atoms with Crippen molar-refractivity contribution in [3.63, 3.8) is 0 Å². The van der Waals surface area contributed by atoms with Gasteiger partial charge >= 0.3 is 0 Å². The summed E-state index contributed by atoms with van der Waals surface area (Å²) in [4.78, 5) is 4.54. The molecule has 2 heterocycles. The summed E-state index contributed by atoms with van der Waals surface area (Å²) in [5.74, 6) is 2.53. The van der Waals surface area contributed by atoms with Gasteiger partial charge in [0.15, 0.2) is 5.82 Å². The van der Waals surface area contributed by atoms with Gasteiger partial charge in [-0.1, -0.05) is 36.3 Å². The Morgan fingerprint density at radius 1 is 1.37 bits per heavy atom. The van der Waals surface area contributed by atoms with Gasteiger partial charge in [-0.15, -0.1) is 0 Å². The third-order valence-electron chi connectivity index (χ3n) is 4.00. The van der Waals surface area contributed by atoms with E-state index in [1.807, 2.05) is 12.1 Å². The van der Waals surface area contributed by atoms with Crippen molar-refractivity contribution in [2.45, 2.75) is 26.2 Å². The Morgan fingerprint density at radius 2 is 2.16 bits per heavy atom. The van der Waals surface area contributed by atoms with Gasteiger partial charge in [-0.25, -0.2) is 0 Å². The Kier molecular flexibility index (Phi) is 3.34. The van der Waals surface area contributed by atoms with Crippen molar-refractivity contribution in [3.8, 4) is 0 Å². The summed E-state index contributed by atoms with van der Waals surface area (Å²) in [7, 11) is 0. The molecule has 1 saturated heterocycles. The van der Waals surface area contributed by atoms with Crippen molar-refractivity contribution < 1.29 is 4.52 Å². The van der Waals surface area contributed by atoms with E-state index in [9.17, 15) is 0 Å². The molecule has 1 fully saturated rings. The number of aromatic nitrogens is 2. The highest BCUT2D eigenvalue weighted by molar-refractivity contribution is 5.28. The molecule has 4 nitrogen and oxygen atoms in total. The van der Waals surface area contributed by atoms with Crippen LogP contribution in [0, 0.1) is 12.8 Å². The van der Waals surface area contributed by atoms with Crippen LogP contribution in [0.1, 0.15) is 35.7 Å². The number of rotatable bonds is 4. The molecular formula is C15H19N3O. The first kappa shape index (κ1) is 12.4. The maximum atomic E-state index is 5.41. The van der Waals surface area contributed by atoms with Gasteiger partial charge in [-0.2, -0.15) is 4.98 Å². The van der Waals surface area contributed by atoms with E-state index in [1.54, 1.807) is 0 Å². The Bertz CT molecular complexity index is 560. The molecular weight excluding hydrogens is 238 g/mol. The van der Waals surface area contributed by atoms with Gasteiger partial charge in [-0.05, 0) is 37.1 Å². The first-order valence-corrected chi connectivity index (χ1v) is 6.81. The number of nitrogens with one attached hydrogen (secondary N) is 1. The molecule has 1 aromatic heterocycles. The van der Waals surface area contributed by atoms with Crippen molar-refractivity contribution in [2.75, 3.05) is 13.1 Å². The number of hydrogen-bond acceptors (Lipinski definition) is 4. The fourth-order valence-electron chi connectivity index (χ4n) is 2.37. The van der Waals surface area contributed by atoms with Crippen LogP contribution in [0.25, 0.3) is 0 Å². The predicted molar refractivity (Wildman–Crippen MR) is 73.1 cm³/mol. The minimum Gasteiger partial charge on any atom is -0.339 e. The summed E-state index contributed by atoms with van der Waals surface area (Å²) in [6, 6.07) is 8.32. The van der Waals surface area contributed by atoms with Gasteiger partial charge in [0.1, 0.15) is 0 Å². The SMILES string of the molecule is Cc1ccccc1Cc1noc(C(C)C2CNC2)n1. The van der Waals surface area contributed by atoms with E-state index >= 15 is 0 Å². The molecule has 1 aliphatic heterocycles. The third kappa shape index (κ3) is 2.54. The van der Waals surface area contributed by atoms with Crippen molar-refractivity contribution in [1.29, 1.82) is 0 Å². The Morgan fingerprint density at radius 3 is 2.84 bits per heavy atom. The van der Waals surface area contributed by atoms with Crippen LogP contribution in [-0.2, 0) is 6.42 Å². The zero-order valence-electron chi connectivity index (χ0n) is 11.4. The first-order valence-electron chi connectivity index (χ1n) is 6.81. The first-order chi connectivity index (χ1) is 9.24. The van der Waals surface area contributed by atoms with E-state index in [0.29, 0.717) is 11.8 Å². The molecule has 1 N–H and O–H groups in total. The lowest BCUT2D eigenvalue weighted by molar-refractivity contribution is 0.252. The van der Waals surface area contributed by atoms with Crippen LogP contribution >= 0.6 is 0 Å². The van der Waals surface area contributed by atoms with E-state index < -0.39 is 0 Å². The van der Waals surface area contributed by atoms with Crippen LogP contribution < -0.4 is 5.32 Å². The van der Waals surface area contributed by atoms with Crippen LogP contribution in [0.2, 0.25) is 0 Å². The van der Waals surface area contributed by atoms with Crippen LogP contribution in [0.4, 0.5) is 0 Å². The van der Waals surface area contributed by atoms with Crippen molar-refractivity contribution >= 4 is 0 Å². The molecule has 1 aliphatic rings. The molecule has 0 radical (unpaired) electrons. The summed E-state index contributed by atoms with van der Waals surface area (Å²) < 4.78 is 5.41. The molecule has 1 atom stereocenters. The molecule has 1 aromatic carbocycles. The molecule has 19 heavy (non-hydrogen) atoms.